The maximum Gasteiger partial charge on any atom is 0.247 e. The lowest BCUT2D eigenvalue weighted by Crippen LogP contribution is -2.10. The van der Waals surface area contributed by atoms with Gasteiger partial charge in [0.25, 0.3) is 0 Å². The van der Waals surface area contributed by atoms with E-state index in [-0.39, 0.29) is 0 Å². The van der Waals surface area contributed by atoms with E-state index in [1.807, 2.05) is 56.5 Å². The van der Waals surface area contributed by atoms with Gasteiger partial charge in [-0.1, -0.05) is 11.6 Å². The van der Waals surface area contributed by atoms with Gasteiger partial charge in [-0.05, 0) is 32.3 Å². The number of imidazole rings is 1. The largest absolute Gasteiger partial charge is 0.443 e. The van der Waals surface area contributed by atoms with Gasteiger partial charge in [0.05, 0.1) is 22.8 Å². The number of fused-ring (bicyclic) bond motifs is 5. The quantitative estimate of drug-likeness (QED) is 0.468. The van der Waals surface area contributed by atoms with Crippen molar-refractivity contribution < 1.29 is 4.42 Å². The highest BCUT2D eigenvalue weighted by molar-refractivity contribution is 6.31. The van der Waals surface area contributed by atoms with Crippen molar-refractivity contribution in [3.63, 3.8) is 0 Å². The minimum atomic E-state index is 0.536. The van der Waals surface area contributed by atoms with Crippen LogP contribution in [0.4, 0.5) is 0 Å². The Balaban J connectivity index is 1.69. The molecular weight excluding hydrogens is 376 g/mol. The number of halogens is 1. The molecule has 0 spiro atoms. The predicted octanol–water partition coefficient (Wildman–Crippen LogP) is 3.55. The first kappa shape index (κ1) is 17.2. The molecular formula is C20H19ClN6O. The molecule has 0 amide bonds. The summed E-state index contributed by atoms with van der Waals surface area (Å²) >= 11 is 6.29. The Morgan fingerprint density at radius 2 is 2.11 bits per heavy atom. The summed E-state index contributed by atoms with van der Waals surface area (Å²) in [5.41, 5.74) is 6.70. The van der Waals surface area contributed by atoms with E-state index in [0.29, 0.717) is 23.9 Å². The maximum absolute atomic E-state index is 6.29. The lowest BCUT2D eigenvalue weighted by atomic mass is 10.0. The van der Waals surface area contributed by atoms with Crippen molar-refractivity contribution in [2.75, 3.05) is 14.1 Å². The summed E-state index contributed by atoms with van der Waals surface area (Å²) in [6, 6.07) is 5.85. The predicted molar refractivity (Wildman–Crippen MR) is 106 cm³/mol. The Morgan fingerprint density at radius 3 is 2.93 bits per heavy atom. The molecule has 4 aromatic rings. The Kier molecular flexibility index (Phi) is 3.89. The number of hydrogen-bond donors (Lipinski definition) is 0. The van der Waals surface area contributed by atoms with Crippen molar-refractivity contribution >= 4 is 11.6 Å². The first-order valence-corrected chi connectivity index (χ1v) is 9.36. The van der Waals surface area contributed by atoms with E-state index in [1.165, 1.54) is 0 Å². The zero-order valence-corrected chi connectivity index (χ0v) is 16.6. The van der Waals surface area contributed by atoms with Crippen molar-refractivity contribution in [3.8, 4) is 28.5 Å². The van der Waals surface area contributed by atoms with Crippen LogP contribution in [0.1, 0.15) is 17.0 Å². The van der Waals surface area contributed by atoms with Crippen LogP contribution in [0.15, 0.2) is 41.4 Å². The van der Waals surface area contributed by atoms with Crippen molar-refractivity contribution in [1.82, 2.24) is 29.2 Å². The smallest absolute Gasteiger partial charge is 0.247 e. The average molecular weight is 395 g/mol. The molecule has 4 heterocycles. The fourth-order valence-electron chi connectivity index (χ4n) is 3.72. The first-order valence-electron chi connectivity index (χ1n) is 8.98. The van der Waals surface area contributed by atoms with Gasteiger partial charge >= 0.3 is 0 Å². The zero-order chi connectivity index (χ0) is 19.4. The normalized spacial score (nSPS) is 12.6. The molecule has 3 aromatic heterocycles. The number of benzene rings is 1. The summed E-state index contributed by atoms with van der Waals surface area (Å²) in [4.78, 5) is 11.3. The van der Waals surface area contributed by atoms with Gasteiger partial charge in [0.15, 0.2) is 0 Å². The number of oxazole rings is 1. The number of rotatable bonds is 3. The molecule has 7 nitrogen and oxygen atoms in total. The van der Waals surface area contributed by atoms with Gasteiger partial charge in [0.1, 0.15) is 18.3 Å². The summed E-state index contributed by atoms with van der Waals surface area (Å²) < 4.78 is 9.68. The molecule has 0 radical (unpaired) electrons. The van der Waals surface area contributed by atoms with Crippen molar-refractivity contribution in [1.29, 1.82) is 0 Å². The standard InChI is InChI=1S/C20H19ClN6O/c1-25(2)9-14-10-28-20(23-14)19-17-6-12-8-26(3)24-18(12)15-7-13(21)4-5-16(15)27(17)11-22-19/h4-5,7-8,10-11H,6,9H2,1-3H3. The van der Waals surface area contributed by atoms with Crippen molar-refractivity contribution in [3.05, 3.63) is 59.0 Å². The van der Waals surface area contributed by atoms with Gasteiger partial charge < -0.3 is 13.9 Å². The van der Waals surface area contributed by atoms with E-state index in [9.17, 15) is 0 Å². The summed E-state index contributed by atoms with van der Waals surface area (Å²) in [6.45, 7) is 0.716. The van der Waals surface area contributed by atoms with E-state index in [1.54, 1.807) is 6.26 Å². The molecule has 0 bridgehead atoms. The summed E-state index contributed by atoms with van der Waals surface area (Å²) in [7, 11) is 5.94. The van der Waals surface area contributed by atoms with Crippen LogP contribution >= 0.6 is 11.6 Å². The van der Waals surface area contributed by atoms with E-state index in [4.69, 9.17) is 16.0 Å². The van der Waals surface area contributed by atoms with Crippen molar-refractivity contribution in [2.45, 2.75) is 13.0 Å². The van der Waals surface area contributed by atoms with Crippen LogP contribution < -0.4 is 0 Å². The molecule has 0 unspecified atom stereocenters. The Hall–Kier alpha value is -2.90. The average Bonchev–Trinajstić information content (AvgIpc) is 3.32. The monoisotopic (exact) mass is 394 g/mol. The Labute approximate surface area is 167 Å². The molecule has 142 valence electrons. The molecule has 28 heavy (non-hydrogen) atoms. The van der Waals surface area contributed by atoms with Crippen LogP contribution in [-0.2, 0) is 20.0 Å². The number of aromatic nitrogens is 5. The second-order valence-corrected chi connectivity index (χ2v) is 7.74. The third kappa shape index (κ3) is 2.75. The summed E-state index contributed by atoms with van der Waals surface area (Å²) in [5.74, 6) is 0.536. The number of hydrogen-bond acceptors (Lipinski definition) is 5. The van der Waals surface area contributed by atoms with Gasteiger partial charge in [-0.15, -0.1) is 0 Å². The number of nitrogens with zero attached hydrogens (tertiary/aromatic N) is 6. The van der Waals surface area contributed by atoms with Crippen molar-refractivity contribution in [2.24, 2.45) is 7.05 Å². The van der Waals surface area contributed by atoms with Gasteiger partial charge in [-0.3, -0.25) is 4.68 Å². The molecule has 1 aliphatic heterocycles. The fourth-order valence-corrected chi connectivity index (χ4v) is 3.90. The molecule has 0 atom stereocenters. The molecule has 0 saturated carbocycles. The molecule has 0 aliphatic carbocycles. The van der Waals surface area contributed by atoms with E-state index in [0.717, 1.165) is 39.6 Å². The molecule has 5 rings (SSSR count). The topological polar surface area (TPSA) is 64.9 Å². The minimum absolute atomic E-state index is 0.536. The maximum atomic E-state index is 6.29. The van der Waals surface area contributed by atoms with Crippen LogP contribution in [0.3, 0.4) is 0 Å². The van der Waals surface area contributed by atoms with Crippen LogP contribution in [-0.4, -0.2) is 43.3 Å². The Morgan fingerprint density at radius 1 is 1.25 bits per heavy atom. The highest BCUT2D eigenvalue weighted by Crippen LogP contribution is 2.38. The van der Waals surface area contributed by atoms with Gasteiger partial charge in [-0.25, -0.2) is 9.97 Å². The van der Waals surface area contributed by atoms with Gasteiger partial charge in [0.2, 0.25) is 5.89 Å². The lowest BCUT2D eigenvalue weighted by molar-refractivity contribution is 0.396. The zero-order valence-electron chi connectivity index (χ0n) is 15.8. The third-order valence-electron chi connectivity index (χ3n) is 4.83. The lowest BCUT2D eigenvalue weighted by Gasteiger charge is -2.09. The molecule has 0 saturated heterocycles. The van der Waals surface area contributed by atoms with E-state index < -0.39 is 0 Å². The van der Waals surface area contributed by atoms with Crippen LogP contribution in [0, 0.1) is 0 Å². The first-order chi connectivity index (χ1) is 13.5. The second-order valence-electron chi connectivity index (χ2n) is 7.31. The van der Waals surface area contributed by atoms with E-state index >= 15 is 0 Å². The molecule has 1 aromatic carbocycles. The molecule has 8 heteroatoms. The SMILES string of the molecule is CN(C)Cc1coc(-c2ncn3c2Cc2cn(C)nc2-c2cc(Cl)ccc2-3)n1. The summed E-state index contributed by atoms with van der Waals surface area (Å²) in [5, 5.41) is 5.36. The van der Waals surface area contributed by atoms with Gasteiger partial charge in [0, 0.05) is 42.4 Å². The van der Waals surface area contributed by atoms with Crippen LogP contribution in [0.25, 0.3) is 28.5 Å². The fraction of sp³-hybridized carbons (Fsp3) is 0.250. The second kappa shape index (κ2) is 6.32. The van der Waals surface area contributed by atoms with E-state index in [2.05, 4.69) is 24.5 Å². The molecule has 0 fully saturated rings. The summed E-state index contributed by atoms with van der Waals surface area (Å²) in [6.07, 6.45) is 6.23. The van der Waals surface area contributed by atoms with Crippen LogP contribution in [0.2, 0.25) is 5.02 Å². The minimum Gasteiger partial charge on any atom is -0.443 e. The highest BCUT2D eigenvalue weighted by Gasteiger charge is 2.27. The van der Waals surface area contributed by atoms with Crippen LogP contribution in [0.5, 0.6) is 0 Å². The molecule has 0 N–H and O–H groups in total. The highest BCUT2D eigenvalue weighted by atomic mass is 35.5. The molecule has 1 aliphatic rings. The van der Waals surface area contributed by atoms with Gasteiger partial charge in [-0.2, -0.15) is 5.10 Å². The third-order valence-corrected chi connectivity index (χ3v) is 5.07. The number of aryl methyl sites for hydroxylation is 1. The Bertz CT molecular complexity index is 1190.